The summed E-state index contributed by atoms with van der Waals surface area (Å²) < 4.78 is 0. The molecule has 130 valence electrons. The Labute approximate surface area is 149 Å². The molecular formula is C19H27N3OS. The zero-order valence-electron chi connectivity index (χ0n) is 14.6. The number of nitrogens with zero attached hydrogens (tertiary/aromatic N) is 2. The summed E-state index contributed by atoms with van der Waals surface area (Å²) in [5, 5.41) is 3.04. The monoisotopic (exact) mass is 345 g/mol. The van der Waals surface area contributed by atoms with Crippen molar-refractivity contribution in [3.63, 3.8) is 0 Å². The molecule has 1 aromatic rings. The second kappa shape index (κ2) is 8.08. The minimum atomic E-state index is 0.0393. The van der Waals surface area contributed by atoms with Gasteiger partial charge in [-0.05, 0) is 63.0 Å². The standard InChI is InChI=1S/C19H27N3OS/c1-21(2)11-12-24-18-9-7-17(8-10-18)20-19(23)22-13-15-5-3-4-6-16(15)14-22/h3-4,7-10,15-16H,5-6,11-14H2,1-2H3,(H,20,23)/t15-,16+. The topological polar surface area (TPSA) is 35.6 Å². The molecule has 2 aliphatic rings. The molecule has 1 saturated heterocycles. The van der Waals surface area contributed by atoms with Crippen molar-refractivity contribution in [2.45, 2.75) is 17.7 Å². The fourth-order valence-electron chi connectivity index (χ4n) is 3.36. The lowest BCUT2D eigenvalue weighted by Gasteiger charge is -2.17. The van der Waals surface area contributed by atoms with Gasteiger partial charge < -0.3 is 15.1 Å². The van der Waals surface area contributed by atoms with Gasteiger partial charge in [0.05, 0.1) is 0 Å². The first-order valence-corrected chi connectivity index (χ1v) is 9.69. The lowest BCUT2D eigenvalue weighted by atomic mass is 9.86. The summed E-state index contributed by atoms with van der Waals surface area (Å²) in [6.45, 7) is 2.84. The number of benzene rings is 1. The Bertz CT molecular complexity index is 569. The average molecular weight is 346 g/mol. The van der Waals surface area contributed by atoms with Gasteiger partial charge >= 0.3 is 6.03 Å². The van der Waals surface area contributed by atoms with Crippen molar-refractivity contribution in [1.29, 1.82) is 0 Å². The van der Waals surface area contributed by atoms with E-state index in [2.05, 4.69) is 48.6 Å². The summed E-state index contributed by atoms with van der Waals surface area (Å²) in [6.07, 6.45) is 6.76. The molecule has 0 bridgehead atoms. The molecule has 2 atom stereocenters. The first-order chi connectivity index (χ1) is 11.6. The van der Waals surface area contributed by atoms with Gasteiger partial charge in [-0.2, -0.15) is 0 Å². The van der Waals surface area contributed by atoms with Crippen molar-refractivity contribution in [3.8, 4) is 0 Å². The Morgan fingerprint density at radius 3 is 2.38 bits per heavy atom. The van der Waals surface area contributed by atoms with Crippen LogP contribution in [0.1, 0.15) is 12.8 Å². The van der Waals surface area contributed by atoms with Crippen molar-refractivity contribution in [1.82, 2.24) is 9.80 Å². The van der Waals surface area contributed by atoms with Crippen LogP contribution in [0, 0.1) is 11.8 Å². The number of amides is 2. The third-order valence-corrected chi connectivity index (χ3v) is 5.81. The number of carbonyl (C=O) groups is 1. The molecule has 5 heteroatoms. The minimum absolute atomic E-state index is 0.0393. The average Bonchev–Trinajstić information content (AvgIpc) is 3.00. The molecule has 1 heterocycles. The number of carbonyl (C=O) groups excluding carboxylic acids is 1. The van der Waals surface area contributed by atoms with E-state index in [9.17, 15) is 4.79 Å². The molecule has 0 aromatic heterocycles. The normalized spacial score (nSPS) is 22.7. The number of hydrogen-bond donors (Lipinski definition) is 1. The van der Waals surface area contributed by atoms with Crippen molar-refractivity contribution in [2.24, 2.45) is 11.8 Å². The number of urea groups is 1. The number of likely N-dealkylation sites (tertiary alicyclic amines) is 1. The van der Waals surface area contributed by atoms with Crippen LogP contribution in [0.15, 0.2) is 41.3 Å². The van der Waals surface area contributed by atoms with Gasteiger partial charge in [-0.25, -0.2) is 4.79 Å². The lowest BCUT2D eigenvalue weighted by molar-refractivity contribution is 0.220. The van der Waals surface area contributed by atoms with Crippen LogP contribution >= 0.6 is 11.8 Å². The predicted octanol–water partition coefficient (Wildman–Crippen LogP) is 3.77. The molecule has 1 N–H and O–H groups in total. The molecule has 1 fully saturated rings. The quantitative estimate of drug-likeness (QED) is 0.652. The van der Waals surface area contributed by atoms with Gasteiger partial charge in [0, 0.05) is 36.0 Å². The summed E-state index contributed by atoms with van der Waals surface area (Å²) in [6, 6.07) is 8.21. The van der Waals surface area contributed by atoms with E-state index in [4.69, 9.17) is 0 Å². The lowest BCUT2D eigenvalue weighted by Crippen LogP contribution is -2.33. The number of thioether (sulfide) groups is 1. The molecule has 0 saturated carbocycles. The van der Waals surface area contributed by atoms with Gasteiger partial charge in [0.15, 0.2) is 0 Å². The second-order valence-corrected chi connectivity index (χ2v) is 8.14. The fourth-order valence-corrected chi connectivity index (χ4v) is 4.38. The number of hydrogen-bond acceptors (Lipinski definition) is 3. The van der Waals surface area contributed by atoms with E-state index in [0.717, 1.165) is 43.9 Å². The highest BCUT2D eigenvalue weighted by Gasteiger charge is 2.35. The molecule has 24 heavy (non-hydrogen) atoms. The number of nitrogens with one attached hydrogen (secondary N) is 1. The van der Waals surface area contributed by atoms with E-state index < -0.39 is 0 Å². The predicted molar refractivity (Wildman–Crippen MR) is 102 cm³/mol. The Morgan fingerprint density at radius 2 is 1.79 bits per heavy atom. The number of rotatable bonds is 5. The first kappa shape index (κ1) is 17.4. The molecule has 1 aromatic carbocycles. The zero-order valence-corrected chi connectivity index (χ0v) is 15.4. The summed E-state index contributed by atoms with van der Waals surface area (Å²) in [5.41, 5.74) is 0.880. The van der Waals surface area contributed by atoms with E-state index in [1.54, 1.807) is 0 Å². The van der Waals surface area contributed by atoms with Crippen LogP contribution in [-0.4, -0.2) is 55.3 Å². The van der Waals surface area contributed by atoms with Crippen LogP contribution in [-0.2, 0) is 0 Å². The zero-order chi connectivity index (χ0) is 16.9. The van der Waals surface area contributed by atoms with Gasteiger partial charge in [0.2, 0.25) is 0 Å². The SMILES string of the molecule is CN(C)CCSc1ccc(NC(=O)N2C[C@H]3CC=CC[C@H]3C2)cc1. The molecule has 1 aliphatic heterocycles. The van der Waals surface area contributed by atoms with Crippen molar-refractivity contribution in [2.75, 3.05) is 44.8 Å². The highest BCUT2D eigenvalue weighted by atomic mass is 32.2. The fraction of sp³-hybridized carbons (Fsp3) is 0.526. The number of allylic oxidation sites excluding steroid dienone is 2. The number of anilines is 1. The second-order valence-electron chi connectivity index (χ2n) is 6.97. The van der Waals surface area contributed by atoms with Gasteiger partial charge in [-0.1, -0.05) is 12.2 Å². The Kier molecular flexibility index (Phi) is 5.85. The van der Waals surface area contributed by atoms with Crippen LogP contribution in [0.25, 0.3) is 0 Å². The van der Waals surface area contributed by atoms with E-state index >= 15 is 0 Å². The highest BCUT2D eigenvalue weighted by molar-refractivity contribution is 7.99. The van der Waals surface area contributed by atoms with Crippen LogP contribution in [0.2, 0.25) is 0 Å². The van der Waals surface area contributed by atoms with Crippen molar-refractivity contribution < 1.29 is 4.79 Å². The first-order valence-electron chi connectivity index (χ1n) is 8.70. The highest BCUT2D eigenvalue weighted by Crippen LogP contribution is 2.33. The van der Waals surface area contributed by atoms with E-state index in [-0.39, 0.29) is 6.03 Å². The largest absolute Gasteiger partial charge is 0.324 e. The Hall–Kier alpha value is -1.46. The smallest absolute Gasteiger partial charge is 0.321 e. The molecular weight excluding hydrogens is 318 g/mol. The molecule has 1 aliphatic carbocycles. The summed E-state index contributed by atoms with van der Waals surface area (Å²) >= 11 is 1.84. The maximum absolute atomic E-state index is 12.5. The maximum Gasteiger partial charge on any atom is 0.321 e. The molecule has 0 unspecified atom stereocenters. The van der Waals surface area contributed by atoms with Crippen molar-refractivity contribution in [3.05, 3.63) is 36.4 Å². The van der Waals surface area contributed by atoms with E-state index in [1.165, 1.54) is 4.90 Å². The van der Waals surface area contributed by atoms with Gasteiger partial charge in [0.25, 0.3) is 0 Å². The molecule has 0 radical (unpaired) electrons. The molecule has 4 nitrogen and oxygen atoms in total. The van der Waals surface area contributed by atoms with E-state index in [1.807, 2.05) is 28.8 Å². The van der Waals surface area contributed by atoms with E-state index in [0.29, 0.717) is 11.8 Å². The summed E-state index contributed by atoms with van der Waals surface area (Å²) in [4.78, 5) is 17.9. The summed E-state index contributed by atoms with van der Waals surface area (Å²) in [7, 11) is 4.17. The maximum atomic E-state index is 12.5. The Morgan fingerprint density at radius 1 is 1.17 bits per heavy atom. The third kappa shape index (κ3) is 4.54. The summed E-state index contributed by atoms with van der Waals surface area (Å²) in [5.74, 6) is 2.37. The van der Waals surface area contributed by atoms with Crippen LogP contribution in [0.5, 0.6) is 0 Å². The Balaban J connectivity index is 1.48. The third-order valence-electron chi connectivity index (χ3n) is 4.82. The van der Waals surface area contributed by atoms with Gasteiger partial charge in [-0.15, -0.1) is 11.8 Å². The molecule has 2 amide bonds. The minimum Gasteiger partial charge on any atom is -0.324 e. The van der Waals surface area contributed by atoms with Crippen LogP contribution in [0.4, 0.5) is 10.5 Å². The van der Waals surface area contributed by atoms with Crippen LogP contribution < -0.4 is 5.32 Å². The van der Waals surface area contributed by atoms with Gasteiger partial charge in [-0.3, -0.25) is 0 Å². The molecule has 0 spiro atoms. The molecule has 3 rings (SSSR count). The van der Waals surface area contributed by atoms with Crippen LogP contribution in [0.3, 0.4) is 0 Å². The number of fused-ring (bicyclic) bond motifs is 1. The van der Waals surface area contributed by atoms with Crippen molar-refractivity contribution >= 4 is 23.5 Å². The van der Waals surface area contributed by atoms with Gasteiger partial charge in [0.1, 0.15) is 0 Å².